The van der Waals surface area contributed by atoms with Crippen LogP contribution in [0.1, 0.15) is 17.4 Å². The highest BCUT2D eigenvalue weighted by molar-refractivity contribution is 7.99. The van der Waals surface area contributed by atoms with Crippen molar-refractivity contribution in [3.8, 4) is 6.07 Å². The average molecular weight is 279 g/mol. The summed E-state index contributed by atoms with van der Waals surface area (Å²) in [5.41, 5.74) is 1.02. The van der Waals surface area contributed by atoms with E-state index in [1.807, 2.05) is 20.8 Å². The zero-order chi connectivity index (χ0) is 13.3. The molecule has 0 unspecified atom stereocenters. The molecule has 4 nitrogen and oxygen atoms in total. The highest BCUT2D eigenvalue weighted by atomic mass is 32.2. The molecule has 0 fully saturated rings. The number of nitrogens with zero attached hydrogens (tertiary/aromatic N) is 3. The van der Waals surface area contributed by atoms with E-state index in [9.17, 15) is 4.79 Å². The normalized spacial score (nSPS) is 10.8. The van der Waals surface area contributed by atoms with Crippen LogP contribution in [-0.4, -0.2) is 15.3 Å². The van der Waals surface area contributed by atoms with Gasteiger partial charge in [-0.15, -0.1) is 11.3 Å². The van der Waals surface area contributed by atoms with Crippen molar-refractivity contribution in [2.24, 2.45) is 0 Å². The Morgan fingerprint density at radius 3 is 2.83 bits per heavy atom. The molecule has 0 N–H and O–H groups in total. The molecule has 0 bridgehead atoms. The second kappa shape index (κ2) is 5.12. The van der Waals surface area contributed by atoms with E-state index in [1.165, 1.54) is 23.1 Å². The minimum absolute atomic E-state index is 0.00443. The Bertz CT molecular complexity index is 694. The fraction of sp³-hybridized carbons (Fsp3) is 0.417. The van der Waals surface area contributed by atoms with E-state index in [-0.39, 0.29) is 5.56 Å². The number of hydrogen-bond donors (Lipinski definition) is 0. The molecule has 18 heavy (non-hydrogen) atoms. The van der Waals surface area contributed by atoms with Gasteiger partial charge in [-0.25, -0.2) is 4.98 Å². The van der Waals surface area contributed by atoms with Gasteiger partial charge in [-0.1, -0.05) is 11.8 Å². The first-order valence-electron chi connectivity index (χ1n) is 5.60. The second-order valence-electron chi connectivity index (χ2n) is 3.85. The molecule has 0 aliphatic heterocycles. The van der Waals surface area contributed by atoms with E-state index in [4.69, 9.17) is 5.26 Å². The summed E-state index contributed by atoms with van der Waals surface area (Å²) in [7, 11) is 0. The average Bonchev–Trinajstić information content (AvgIpc) is 2.63. The van der Waals surface area contributed by atoms with Crippen LogP contribution in [0.2, 0.25) is 0 Å². The van der Waals surface area contributed by atoms with E-state index in [1.54, 1.807) is 4.57 Å². The van der Waals surface area contributed by atoms with Gasteiger partial charge in [0.2, 0.25) is 0 Å². The largest absolute Gasteiger partial charge is 0.287 e. The predicted molar refractivity (Wildman–Crippen MR) is 75.4 cm³/mol. The van der Waals surface area contributed by atoms with Gasteiger partial charge >= 0.3 is 0 Å². The molecule has 2 aromatic rings. The van der Waals surface area contributed by atoms with E-state index in [0.29, 0.717) is 17.5 Å². The molecular formula is C12H13N3OS2. The van der Waals surface area contributed by atoms with Crippen molar-refractivity contribution >= 4 is 33.3 Å². The second-order valence-corrected chi connectivity index (χ2v) is 6.00. The van der Waals surface area contributed by atoms with Gasteiger partial charge in [-0.3, -0.25) is 9.36 Å². The van der Waals surface area contributed by atoms with Crippen molar-refractivity contribution < 1.29 is 0 Å². The van der Waals surface area contributed by atoms with Crippen LogP contribution in [0.15, 0.2) is 9.95 Å². The van der Waals surface area contributed by atoms with Crippen LogP contribution in [-0.2, 0) is 6.54 Å². The third kappa shape index (κ3) is 2.04. The molecule has 6 heteroatoms. The lowest BCUT2D eigenvalue weighted by Crippen LogP contribution is -2.22. The van der Waals surface area contributed by atoms with Crippen molar-refractivity contribution in [3.63, 3.8) is 0 Å². The van der Waals surface area contributed by atoms with Crippen LogP contribution < -0.4 is 5.56 Å². The fourth-order valence-corrected chi connectivity index (χ4v) is 3.59. The summed E-state index contributed by atoms with van der Waals surface area (Å²) in [5.74, 6) is 0.307. The summed E-state index contributed by atoms with van der Waals surface area (Å²) in [6, 6.07) is 2.06. The van der Waals surface area contributed by atoms with E-state index in [2.05, 4.69) is 11.1 Å². The number of fused-ring (bicyclic) bond motifs is 1. The lowest BCUT2D eigenvalue weighted by molar-refractivity contribution is 0.635. The van der Waals surface area contributed by atoms with Crippen molar-refractivity contribution in [2.45, 2.75) is 32.5 Å². The monoisotopic (exact) mass is 279 g/mol. The first-order chi connectivity index (χ1) is 8.60. The predicted octanol–water partition coefficient (Wildman–Crippen LogP) is 2.71. The lowest BCUT2D eigenvalue weighted by atomic mass is 10.2. The van der Waals surface area contributed by atoms with Crippen LogP contribution in [0.3, 0.4) is 0 Å². The first-order valence-corrected chi connectivity index (χ1v) is 7.40. The molecule has 2 heterocycles. The van der Waals surface area contributed by atoms with Crippen molar-refractivity contribution in [2.75, 3.05) is 5.75 Å². The molecule has 0 aliphatic carbocycles. The Kier molecular flexibility index (Phi) is 3.73. The summed E-state index contributed by atoms with van der Waals surface area (Å²) >= 11 is 2.85. The Morgan fingerprint density at radius 2 is 2.22 bits per heavy atom. The van der Waals surface area contributed by atoms with Gasteiger partial charge in [0, 0.05) is 11.4 Å². The molecule has 0 saturated carbocycles. The van der Waals surface area contributed by atoms with Gasteiger partial charge in [0.25, 0.3) is 5.56 Å². The lowest BCUT2D eigenvalue weighted by Gasteiger charge is -2.08. The molecule has 0 aromatic carbocycles. The summed E-state index contributed by atoms with van der Waals surface area (Å²) in [6.45, 7) is 6.45. The Morgan fingerprint density at radius 1 is 1.50 bits per heavy atom. The molecule has 94 valence electrons. The highest BCUT2D eigenvalue weighted by Crippen LogP contribution is 2.28. The number of thioether (sulfide) groups is 1. The number of aromatic nitrogens is 2. The van der Waals surface area contributed by atoms with Crippen LogP contribution >= 0.6 is 23.1 Å². The third-order valence-electron chi connectivity index (χ3n) is 2.84. The molecule has 2 rings (SSSR count). The quantitative estimate of drug-likeness (QED) is 0.640. The molecule has 2 aromatic heterocycles. The molecule has 0 atom stereocenters. The van der Waals surface area contributed by atoms with Crippen molar-refractivity contribution in [3.05, 3.63) is 20.8 Å². The van der Waals surface area contributed by atoms with Crippen molar-refractivity contribution in [1.29, 1.82) is 5.26 Å². The summed E-state index contributed by atoms with van der Waals surface area (Å²) in [5, 5.41) is 10.00. The molecule has 0 aliphatic rings. The van der Waals surface area contributed by atoms with Gasteiger partial charge < -0.3 is 0 Å². The third-order valence-corrected chi connectivity index (χ3v) is 4.78. The standard InChI is InChI=1S/C12H13N3OS2/c1-4-15-11(16)9-7(2)8(3)18-10(9)14-12(15)17-6-5-13/h4,6H2,1-3H3. The number of nitriles is 1. The van der Waals surface area contributed by atoms with Crippen molar-refractivity contribution in [1.82, 2.24) is 9.55 Å². The minimum Gasteiger partial charge on any atom is -0.287 e. The van der Waals surface area contributed by atoms with Gasteiger partial charge in [-0.2, -0.15) is 5.26 Å². The topological polar surface area (TPSA) is 58.7 Å². The molecule has 0 amide bonds. The van der Waals surface area contributed by atoms with E-state index >= 15 is 0 Å². The molecule has 0 spiro atoms. The summed E-state index contributed by atoms with van der Waals surface area (Å²) in [6.07, 6.45) is 0. The molecular weight excluding hydrogens is 266 g/mol. The smallest absolute Gasteiger partial charge is 0.263 e. The zero-order valence-corrected chi connectivity index (χ0v) is 12.1. The Hall–Kier alpha value is -1.32. The number of aryl methyl sites for hydroxylation is 2. The van der Waals surface area contributed by atoms with Crippen LogP contribution in [0.5, 0.6) is 0 Å². The summed E-state index contributed by atoms with van der Waals surface area (Å²) in [4.78, 5) is 18.8. The van der Waals surface area contributed by atoms with Gasteiger partial charge in [0.15, 0.2) is 5.16 Å². The minimum atomic E-state index is 0.00443. The molecule has 0 radical (unpaired) electrons. The SMILES string of the molecule is CCn1c(SCC#N)nc2sc(C)c(C)c2c1=O. The van der Waals surface area contributed by atoms with Gasteiger partial charge in [0.05, 0.1) is 17.2 Å². The highest BCUT2D eigenvalue weighted by Gasteiger charge is 2.15. The number of rotatable bonds is 3. The van der Waals surface area contributed by atoms with Crippen LogP contribution in [0.25, 0.3) is 10.2 Å². The van der Waals surface area contributed by atoms with Gasteiger partial charge in [0.1, 0.15) is 4.83 Å². The Balaban J connectivity index is 2.74. The maximum Gasteiger partial charge on any atom is 0.263 e. The van der Waals surface area contributed by atoms with Crippen LogP contribution in [0.4, 0.5) is 0 Å². The zero-order valence-electron chi connectivity index (χ0n) is 10.5. The molecule has 0 saturated heterocycles. The maximum absolute atomic E-state index is 12.4. The van der Waals surface area contributed by atoms with E-state index < -0.39 is 0 Å². The van der Waals surface area contributed by atoms with Crippen LogP contribution in [0, 0.1) is 25.2 Å². The number of hydrogen-bond acceptors (Lipinski definition) is 5. The summed E-state index contributed by atoms with van der Waals surface area (Å²) < 4.78 is 1.64. The Labute approximate surface area is 113 Å². The fourth-order valence-electron chi connectivity index (χ4n) is 1.79. The van der Waals surface area contributed by atoms with E-state index in [0.717, 1.165) is 20.7 Å². The maximum atomic E-state index is 12.4. The number of thiophene rings is 1. The first kappa shape index (κ1) is 13.1. The van der Waals surface area contributed by atoms with Gasteiger partial charge in [-0.05, 0) is 26.3 Å².